The first-order valence-corrected chi connectivity index (χ1v) is 6.00. The second-order valence-electron chi connectivity index (χ2n) is 3.32. The Labute approximate surface area is 112 Å². The number of halogens is 2. The molecule has 1 amide bonds. The van der Waals surface area contributed by atoms with E-state index < -0.39 is 0 Å². The summed E-state index contributed by atoms with van der Waals surface area (Å²) in [7, 11) is 0. The van der Waals surface area contributed by atoms with Gasteiger partial charge in [0.2, 0.25) is 0 Å². The van der Waals surface area contributed by atoms with Crippen LogP contribution in [0.2, 0.25) is 5.02 Å². The predicted molar refractivity (Wildman–Crippen MR) is 71.3 cm³/mol. The van der Waals surface area contributed by atoms with Gasteiger partial charge in [-0.25, -0.2) is 0 Å². The van der Waals surface area contributed by atoms with Gasteiger partial charge in [0, 0.05) is 16.9 Å². The minimum atomic E-state index is -0.234. The highest BCUT2D eigenvalue weighted by molar-refractivity contribution is 9.10. The van der Waals surface area contributed by atoms with Crippen LogP contribution in [0.25, 0.3) is 0 Å². The molecule has 0 fully saturated rings. The quantitative estimate of drug-likeness (QED) is 0.918. The molecule has 0 atom stereocenters. The number of nitrogens with zero attached hydrogens (tertiary/aromatic N) is 1. The molecule has 0 saturated heterocycles. The maximum Gasteiger partial charge on any atom is 0.257 e. The number of hydrogen-bond acceptors (Lipinski definition) is 2. The Balaban J connectivity index is 2.19. The number of benzene rings is 1. The summed E-state index contributed by atoms with van der Waals surface area (Å²) in [4.78, 5) is 15.7. The highest BCUT2D eigenvalue weighted by Gasteiger charge is 2.08. The first-order valence-electron chi connectivity index (χ1n) is 4.83. The second-order valence-corrected chi connectivity index (χ2v) is 4.64. The van der Waals surface area contributed by atoms with E-state index in [1.165, 1.54) is 6.20 Å². The number of pyridine rings is 1. The minimum Gasteiger partial charge on any atom is -0.321 e. The molecular formula is C12H8BrClN2O. The molecule has 1 aromatic carbocycles. The Morgan fingerprint density at radius 3 is 2.82 bits per heavy atom. The van der Waals surface area contributed by atoms with Gasteiger partial charge in [0.25, 0.3) is 5.91 Å². The number of carbonyl (C=O) groups excluding carboxylic acids is 1. The summed E-state index contributed by atoms with van der Waals surface area (Å²) in [6, 6.07) is 8.67. The molecule has 1 N–H and O–H groups in total. The van der Waals surface area contributed by atoms with Crippen LogP contribution in [0.5, 0.6) is 0 Å². The molecule has 1 heterocycles. The first kappa shape index (κ1) is 12.1. The molecule has 0 aliphatic heterocycles. The van der Waals surface area contributed by atoms with Gasteiger partial charge in [-0.15, -0.1) is 0 Å². The van der Waals surface area contributed by atoms with Crippen molar-refractivity contribution in [2.75, 3.05) is 5.32 Å². The zero-order valence-corrected chi connectivity index (χ0v) is 11.0. The molecule has 0 aliphatic rings. The summed E-state index contributed by atoms with van der Waals surface area (Å²) < 4.78 is 0.863. The Morgan fingerprint density at radius 1 is 1.35 bits per heavy atom. The summed E-state index contributed by atoms with van der Waals surface area (Å²) >= 11 is 9.30. The lowest BCUT2D eigenvalue weighted by Gasteiger charge is -2.07. The van der Waals surface area contributed by atoms with Crippen molar-refractivity contribution >= 4 is 39.1 Å². The number of aromatic nitrogens is 1. The van der Waals surface area contributed by atoms with E-state index in [-0.39, 0.29) is 5.91 Å². The zero-order valence-electron chi connectivity index (χ0n) is 8.65. The Morgan fingerprint density at radius 2 is 2.18 bits per heavy atom. The molecule has 1 aromatic heterocycles. The molecule has 2 aromatic rings. The van der Waals surface area contributed by atoms with Crippen molar-refractivity contribution in [3.8, 4) is 0 Å². The molecule has 0 spiro atoms. The number of anilines is 1. The Bertz CT molecular complexity index is 545. The van der Waals surface area contributed by atoms with Crippen molar-refractivity contribution in [1.29, 1.82) is 0 Å². The monoisotopic (exact) mass is 310 g/mol. The van der Waals surface area contributed by atoms with Crippen molar-refractivity contribution in [2.45, 2.75) is 0 Å². The van der Waals surface area contributed by atoms with Crippen molar-refractivity contribution in [2.24, 2.45) is 0 Å². The normalized spacial score (nSPS) is 10.0. The molecule has 2 rings (SSSR count). The van der Waals surface area contributed by atoms with E-state index in [2.05, 4.69) is 26.2 Å². The predicted octanol–water partition coefficient (Wildman–Crippen LogP) is 3.75. The van der Waals surface area contributed by atoms with E-state index in [4.69, 9.17) is 11.6 Å². The first-order chi connectivity index (χ1) is 8.16. The van der Waals surface area contributed by atoms with Crippen molar-refractivity contribution < 1.29 is 4.79 Å². The van der Waals surface area contributed by atoms with Crippen molar-refractivity contribution in [1.82, 2.24) is 4.98 Å². The lowest BCUT2D eigenvalue weighted by molar-refractivity contribution is 0.102. The van der Waals surface area contributed by atoms with Gasteiger partial charge in [0.1, 0.15) is 0 Å². The average Bonchev–Trinajstić information content (AvgIpc) is 2.34. The van der Waals surface area contributed by atoms with Crippen LogP contribution in [0.15, 0.2) is 47.2 Å². The number of carbonyl (C=O) groups is 1. The third kappa shape index (κ3) is 3.05. The van der Waals surface area contributed by atoms with E-state index in [0.29, 0.717) is 16.3 Å². The van der Waals surface area contributed by atoms with Gasteiger partial charge in [-0.05, 0) is 30.3 Å². The molecule has 86 valence electrons. The van der Waals surface area contributed by atoms with Crippen LogP contribution in [0.3, 0.4) is 0 Å². The number of rotatable bonds is 2. The van der Waals surface area contributed by atoms with Crippen LogP contribution in [-0.2, 0) is 0 Å². The third-order valence-electron chi connectivity index (χ3n) is 2.10. The standard InChI is InChI=1S/C12H8BrClN2O/c13-9-3-4-11(10(14)6-9)16-12(17)8-2-1-5-15-7-8/h1-7H,(H,16,17). The van der Waals surface area contributed by atoms with Crippen molar-refractivity contribution in [3.05, 3.63) is 57.8 Å². The Hall–Kier alpha value is -1.39. The number of amides is 1. The third-order valence-corrected chi connectivity index (χ3v) is 2.91. The van der Waals surface area contributed by atoms with Crippen LogP contribution >= 0.6 is 27.5 Å². The van der Waals surface area contributed by atoms with Crippen LogP contribution in [0.4, 0.5) is 5.69 Å². The Kier molecular flexibility index (Phi) is 3.76. The fraction of sp³-hybridized carbons (Fsp3) is 0. The minimum absolute atomic E-state index is 0.234. The fourth-order valence-electron chi connectivity index (χ4n) is 1.28. The molecular weight excluding hydrogens is 304 g/mol. The molecule has 17 heavy (non-hydrogen) atoms. The lowest BCUT2D eigenvalue weighted by Crippen LogP contribution is -2.12. The van der Waals surface area contributed by atoms with E-state index in [1.807, 2.05) is 6.07 Å². The van der Waals surface area contributed by atoms with Crippen molar-refractivity contribution in [3.63, 3.8) is 0 Å². The lowest BCUT2D eigenvalue weighted by atomic mass is 10.2. The molecule has 3 nitrogen and oxygen atoms in total. The summed E-state index contributed by atoms with van der Waals surface area (Å²) in [5.41, 5.74) is 1.07. The zero-order chi connectivity index (χ0) is 12.3. The summed E-state index contributed by atoms with van der Waals surface area (Å²) in [6.45, 7) is 0. The maximum atomic E-state index is 11.8. The highest BCUT2D eigenvalue weighted by Crippen LogP contribution is 2.25. The number of hydrogen-bond donors (Lipinski definition) is 1. The van der Waals surface area contributed by atoms with Crippen LogP contribution < -0.4 is 5.32 Å². The molecule has 0 unspecified atom stereocenters. The average molecular weight is 312 g/mol. The van der Waals surface area contributed by atoms with Crippen LogP contribution in [-0.4, -0.2) is 10.9 Å². The van der Waals surface area contributed by atoms with Gasteiger partial charge < -0.3 is 5.32 Å². The summed E-state index contributed by atoms with van der Waals surface area (Å²) in [5, 5.41) is 3.20. The van der Waals surface area contributed by atoms with E-state index in [9.17, 15) is 4.79 Å². The van der Waals surface area contributed by atoms with Gasteiger partial charge in [0.15, 0.2) is 0 Å². The fourth-order valence-corrected chi connectivity index (χ4v) is 2.00. The molecule has 0 aliphatic carbocycles. The summed E-state index contributed by atoms with van der Waals surface area (Å²) in [6.07, 6.45) is 3.12. The van der Waals surface area contributed by atoms with Gasteiger partial charge in [-0.1, -0.05) is 27.5 Å². The van der Waals surface area contributed by atoms with Crippen LogP contribution in [0, 0.1) is 0 Å². The van der Waals surface area contributed by atoms with Crippen LogP contribution in [0.1, 0.15) is 10.4 Å². The van der Waals surface area contributed by atoms with E-state index in [1.54, 1.807) is 30.5 Å². The second kappa shape index (κ2) is 5.29. The van der Waals surface area contributed by atoms with Gasteiger partial charge in [-0.3, -0.25) is 9.78 Å². The number of nitrogens with one attached hydrogen (secondary N) is 1. The smallest absolute Gasteiger partial charge is 0.257 e. The van der Waals surface area contributed by atoms with Gasteiger partial charge in [0.05, 0.1) is 16.3 Å². The van der Waals surface area contributed by atoms with Gasteiger partial charge in [-0.2, -0.15) is 0 Å². The highest BCUT2D eigenvalue weighted by atomic mass is 79.9. The molecule has 0 radical (unpaired) electrons. The van der Waals surface area contributed by atoms with Gasteiger partial charge >= 0.3 is 0 Å². The van der Waals surface area contributed by atoms with E-state index in [0.717, 1.165) is 4.47 Å². The summed E-state index contributed by atoms with van der Waals surface area (Å²) in [5.74, 6) is -0.234. The van der Waals surface area contributed by atoms with E-state index >= 15 is 0 Å². The largest absolute Gasteiger partial charge is 0.321 e. The maximum absolute atomic E-state index is 11.8. The molecule has 5 heteroatoms. The SMILES string of the molecule is O=C(Nc1ccc(Br)cc1Cl)c1cccnc1. The molecule has 0 saturated carbocycles. The topological polar surface area (TPSA) is 42.0 Å². The molecule has 0 bridgehead atoms.